The lowest BCUT2D eigenvalue weighted by Crippen LogP contribution is -2.24. The SMILES string of the molecule is CCCCNC(=O)N=c1sccn1CC. The van der Waals surface area contributed by atoms with Crippen LogP contribution >= 0.6 is 11.3 Å². The molecule has 1 aromatic rings. The summed E-state index contributed by atoms with van der Waals surface area (Å²) in [6.45, 7) is 5.66. The molecule has 0 saturated carbocycles. The topological polar surface area (TPSA) is 46.4 Å². The number of hydrogen-bond acceptors (Lipinski definition) is 2. The van der Waals surface area contributed by atoms with Crippen molar-refractivity contribution in [1.82, 2.24) is 9.88 Å². The van der Waals surface area contributed by atoms with E-state index in [4.69, 9.17) is 0 Å². The number of carbonyl (C=O) groups excluding carboxylic acids is 1. The van der Waals surface area contributed by atoms with E-state index in [0.717, 1.165) is 24.2 Å². The van der Waals surface area contributed by atoms with Crippen LogP contribution in [0.15, 0.2) is 16.6 Å². The van der Waals surface area contributed by atoms with Gasteiger partial charge in [0.15, 0.2) is 4.80 Å². The quantitative estimate of drug-likeness (QED) is 0.785. The Labute approximate surface area is 93.7 Å². The molecule has 0 saturated heterocycles. The first-order valence-corrected chi connectivity index (χ1v) is 6.12. The van der Waals surface area contributed by atoms with Gasteiger partial charge in [-0.1, -0.05) is 13.3 Å². The summed E-state index contributed by atoms with van der Waals surface area (Å²) in [5.41, 5.74) is 0. The molecule has 1 aromatic heterocycles. The van der Waals surface area contributed by atoms with Gasteiger partial charge in [-0.15, -0.1) is 11.3 Å². The molecule has 0 radical (unpaired) electrons. The minimum atomic E-state index is -0.242. The Morgan fingerprint density at radius 1 is 1.60 bits per heavy atom. The van der Waals surface area contributed by atoms with E-state index in [1.807, 2.05) is 23.1 Å². The maximum absolute atomic E-state index is 11.4. The third-order valence-corrected chi connectivity index (χ3v) is 2.80. The van der Waals surface area contributed by atoms with Crippen molar-refractivity contribution in [2.24, 2.45) is 4.99 Å². The highest BCUT2D eigenvalue weighted by Gasteiger charge is 1.98. The number of unbranched alkanes of at least 4 members (excludes halogenated alkanes) is 1. The van der Waals surface area contributed by atoms with Gasteiger partial charge in [0, 0.05) is 24.7 Å². The average Bonchev–Trinajstić information content (AvgIpc) is 2.65. The van der Waals surface area contributed by atoms with Crippen LogP contribution in [-0.2, 0) is 6.54 Å². The lowest BCUT2D eigenvalue weighted by molar-refractivity contribution is 0.248. The predicted octanol–water partition coefficient (Wildman–Crippen LogP) is 1.98. The van der Waals surface area contributed by atoms with Crippen LogP contribution in [0, 0.1) is 0 Å². The van der Waals surface area contributed by atoms with Crippen LogP contribution in [-0.4, -0.2) is 17.1 Å². The van der Waals surface area contributed by atoms with Crippen molar-refractivity contribution in [2.75, 3.05) is 6.54 Å². The second-order valence-corrected chi connectivity index (χ2v) is 4.04. The maximum Gasteiger partial charge on any atom is 0.343 e. The van der Waals surface area contributed by atoms with E-state index >= 15 is 0 Å². The first-order chi connectivity index (χ1) is 7.27. The lowest BCUT2D eigenvalue weighted by atomic mass is 10.3. The van der Waals surface area contributed by atoms with E-state index in [9.17, 15) is 4.79 Å². The summed E-state index contributed by atoms with van der Waals surface area (Å²) in [6.07, 6.45) is 4.01. The normalized spacial score (nSPS) is 11.7. The van der Waals surface area contributed by atoms with Crippen LogP contribution in [0.1, 0.15) is 26.7 Å². The largest absolute Gasteiger partial charge is 0.343 e. The van der Waals surface area contributed by atoms with Gasteiger partial charge in [0.1, 0.15) is 0 Å². The van der Waals surface area contributed by atoms with Crippen molar-refractivity contribution in [3.63, 3.8) is 0 Å². The van der Waals surface area contributed by atoms with Crippen molar-refractivity contribution in [3.05, 3.63) is 16.4 Å². The zero-order chi connectivity index (χ0) is 11.1. The zero-order valence-electron chi connectivity index (χ0n) is 9.19. The van der Waals surface area contributed by atoms with Crippen molar-refractivity contribution in [2.45, 2.75) is 33.2 Å². The summed E-state index contributed by atoms with van der Waals surface area (Å²) in [7, 11) is 0. The van der Waals surface area contributed by atoms with Gasteiger partial charge < -0.3 is 9.88 Å². The fourth-order valence-electron chi connectivity index (χ4n) is 1.13. The first-order valence-electron chi connectivity index (χ1n) is 5.24. The molecule has 0 bridgehead atoms. The molecule has 0 aliphatic carbocycles. The summed E-state index contributed by atoms with van der Waals surface area (Å²) in [4.78, 5) is 16.1. The molecule has 1 N–H and O–H groups in total. The summed E-state index contributed by atoms with van der Waals surface area (Å²) in [5.74, 6) is 0. The Hall–Kier alpha value is -1.10. The van der Waals surface area contributed by atoms with Gasteiger partial charge in [-0.2, -0.15) is 4.99 Å². The Bertz CT molecular complexity index is 367. The number of thiazole rings is 1. The number of nitrogens with one attached hydrogen (secondary N) is 1. The predicted molar refractivity (Wildman–Crippen MR) is 61.9 cm³/mol. The Kier molecular flexibility index (Phi) is 5.10. The molecule has 0 aliphatic rings. The smallest absolute Gasteiger partial charge is 0.336 e. The molecule has 4 nitrogen and oxygen atoms in total. The molecule has 1 rings (SSSR count). The van der Waals surface area contributed by atoms with Gasteiger partial charge in [-0.25, -0.2) is 4.79 Å². The zero-order valence-corrected chi connectivity index (χ0v) is 10.0. The highest BCUT2D eigenvalue weighted by Crippen LogP contribution is 1.90. The average molecular weight is 227 g/mol. The number of nitrogens with zero attached hydrogens (tertiary/aromatic N) is 2. The minimum absolute atomic E-state index is 0.242. The number of hydrogen-bond donors (Lipinski definition) is 1. The van der Waals surface area contributed by atoms with E-state index in [0.29, 0.717) is 6.54 Å². The first kappa shape index (κ1) is 12.0. The van der Waals surface area contributed by atoms with Gasteiger partial charge in [-0.3, -0.25) is 0 Å². The molecular formula is C10H17N3OS. The molecule has 2 amide bonds. The monoisotopic (exact) mass is 227 g/mol. The van der Waals surface area contributed by atoms with Crippen LogP contribution in [0.4, 0.5) is 4.79 Å². The van der Waals surface area contributed by atoms with E-state index in [-0.39, 0.29) is 6.03 Å². The second kappa shape index (κ2) is 6.40. The number of urea groups is 1. The minimum Gasteiger partial charge on any atom is -0.336 e. The van der Waals surface area contributed by atoms with Crippen LogP contribution in [0.2, 0.25) is 0 Å². The van der Waals surface area contributed by atoms with Gasteiger partial charge >= 0.3 is 6.03 Å². The lowest BCUT2D eigenvalue weighted by Gasteiger charge is -1.99. The van der Waals surface area contributed by atoms with E-state index in [2.05, 4.69) is 17.2 Å². The summed E-state index contributed by atoms with van der Waals surface area (Å²) >= 11 is 1.48. The van der Waals surface area contributed by atoms with E-state index in [1.54, 1.807) is 0 Å². The molecule has 15 heavy (non-hydrogen) atoms. The Morgan fingerprint density at radius 2 is 2.40 bits per heavy atom. The molecule has 0 spiro atoms. The molecule has 0 aliphatic heterocycles. The highest BCUT2D eigenvalue weighted by atomic mass is 32.1. The fraction of sp³-hybridized carbons (Fsp3) is 0.600. The molecular weight excluding hydrogens is 210 g/mol. The van der Waals surface area contributed by atoms with Crippen molar-refractivity contribution >= 4 is 17.4 Å². The molecule has 1 heterocycles. The van der Waals surface area contributed by atoms with Crippen molar-refractivity contribution in [3.8, 4) is 0 Å². The molecule has 0 aromatic carbocycles. The molecule has 0 fully saturated rings. The van der Waals surface area contributed by atoms with Crippen molar-refractivity contribution in [1.29, 1.82) is 0 Å². The summed E-state index contributed by atoms with van der Waals surface area (Å²) in [6, 6.07) is -0.242. The van der Waals surface area contributed by atoms with E-state index in [1.165, 1.54) is 11.3 Å². The van der Waals surface area contributed by atoms with Gasteiger partial charge in [0.05, 0.1) is 0 Å². The molecule has 5 heteroatoms. The number of aryl methyl sites for hydroxylation is 1. The number of amides is 2. The molecule has 84 valence electrons. The third kappa shape index (κ3) is 3.87. The standard InChI is InChI=1S/C10H17N3OS/c1-3-5-6-11-9(14)12-10-13(4-2)7-8-15-10/h7-8H,3-6H2,1-2H3,(H,11,14). The number of carbonyl (C=O) groups is 1. The van der Waals surface area contributed by atoms with Crippen LogP contribution < -0.4 is 10.1 Å². The van der Waals surface area contributed by atoms with Crippen LogP contribution in [0.3, 0.4) is 0 Å². The maximum atomic E-state index is 11.4. The highest BCUT2D eigenvalue weighted by molar-refractivity contribution is 7.07. The summed E-state index contributed by atoms with van der Waals surface area (Å²) in [5, 5.41) is 4.69. The van der Waals surface area contributed by atoms with Gasteiger partial charge in [0.25, 0.3) is 0 Å². The number of rotatable bonds is 4. The van der Waals surface area contributed by atoms with Crippen LogP contribution in [0.5, 0.6) is 0 Å². The van der Waals surface area contributed by atoms with Crippen LogP contribution in [0.25, 0.3) is 0 Å². The van der Waals surface area contributed by atoms with Gasteiger partial charge in [0.2, 0.25) is 0 Å². The number of aromatic nitrogens is 1. The van der Waals surface area contributed by atoms with Gasteiger partial charge in [-0.05, 0) is 13.3 Å². The third-order valence-electron chi connectivity index (χ3n) is 2.00. The molecule has 0 unspecified atom stereocenters. The second-order valence-electron chi connectivity index (χ2n) is 3.17. The van der Waals surface area contributed by atoms with Crippen molar-refractivity contribution < 1.29 is 4.79 Å². The Morgan fingerprint density at radius 3 is 3.07 bits per heavy atom. The fourth-order valence-corrected chi connectivity index (χ4v) is 1.92. The molecule has 0 atom stereocenters. The Balaban J connectivity index is 2.58. The summed E-state index contributed by atoms with van der Waals surface area (Å²) < 4.78 is 1.95. The van der Waals surface area contributed by atoms with E-state index < -0.39 is 0 Å².